The maximum Gasteiger partial charge on any atom is 0.382 e. The van der Waals surface area contributed by atoms with Crippen LogP contribution in [0, 0.1) is 0 Å². The fraction of sp³-hybridized carbons (Fsp3) is 0.500. The van der Waals surface area contributed by atoms with Gasteiger partial charge in [-0.1, -0.05) is 0 Å². The SMILES string of the molecule is Cn1nnn(N)c1=O. The number of aromatic nitrogens is 4. The topological polar surface area (TPSA) is 78.7 Å². The van der Waals surface area contributed by atoms with E-state index in [4.69, 9.17) is 5.84 Å². The monoisotopic (exact) mass is 115 g/mol. The van der Waals surface area contributed by atoms with Crippen LogP contribution in [0.2, 0.25) is 0 Å². The average molecular weight is 115 g/mol. The van der Waals surface area contributed by atoms with Crippen LogP contribution in [0.3, 0.4) is 0 Å². The van der Waals surface area contributed by atoms with Crippen LogP contribution in [-0.2, 0) is 7.05 Å². The Bertz CT molecular complexity index is 210. The minimum atomic E-state index is -0.426. The normalized spacial score (nSPS) is 9.62. The smallest absolute Gasteiger partial charge is 0.317 e. The van der Waals surface area contributed by atoms with Gasteiger partial charge < -0.3 is 5.84 Å². The van der Waals surface area contributed by atoms with Gasteiger partial charge in [0.2, 0.25) is 0 Å². The van der Waals surface area contributed by atoms with Crippen molar-refractivity contribution >= 4 is 0 Å². The van der Waals surface area contributed by atoms with E-state index < -0.39 is 5.69 Å². The zero-order valence-corrected chi connectivity index (χ0v) is 4.27. The van der Waals surface area contributed by atoms with Crippen LogP contribution in [0.25, 0.3) is 0 Å². The Kier molecular flexibility index (Phi) is 0.797. The Morgan fingerprint density at radius 1 is 1.62 bits per heavy atom. The standard InChI is InChI=1S/C2H5N5O/c1-6-2(8)7(3)5-4-6/h3H2,1H3. The molecule has 1 aromatic heterocycles. The molecule has 6 nitrogen and oxygen atoms in total. The van der Waals surface area contributed by atoms with Crippen molar-refractivity contribution in [3.8, 4) is 0 Å². The van der Waals surface area contributed by atoms with Crippen LogP contribution in [0.15, 0.2) is 4.79 Å². The lowest BCUT2D eigenvalue weighted by Crippen LogP contribution is -2.28. The van der Waals surface area contributed by atoms with Gasteiger partial charge in [0.25, 0.3) is 0 Å². The lowest BCUT2D eigenvalue weighted by Gasteiger charge is -1.77. The summed E-state index contributed by atoms with van der Waals surface area (Å²) < 4.78 is 1.04. The Morgan fingerprint density at radius 3 is 2.38 bits per heavy atom. The first-order valence-electron chi connectivity index (χ1n) is 1.96. The van der Waals surface area contributed by atoms with Crippen molar-refractivity contribution in [3.05, 3.63) is 10.5 Å². The number of nitrogens with zero attached hydrogens (tertiary/aromatic N) is 4. The van der Waals surface area contributed by atoms with Gasteiger partial charge in [0, 0.05) is 7.05 Å². The van der Waals surface area contributed by atoms with Crippen LogP contribution in [-0.4, -0.2) is 19.9 Å². The number of rotatable bonds is 0. The summed E-state index contributed by atoms with van der Waals surface area (Å²) in [4.78, 5) is 11.1. The number of hydrogen-bond acceptors (Lipinski definition) is 4. The highest BCUT2D eigenvalue weighted by Gasteiger charge is 1.93. The molecule has 0 unspecified atom stereocenters. The zero-order chi connectivity index (χ0) is 6.15. The second kappa shape index (κ2) is 1.32. The molecule has 0 aliphatic heterocycles. The highest BCUT2D eigenvalue weighted by atomic mass is 16.2. The molecule has 0 aliphatic carbocycles. The quantitative estimate of drug-likeness (QED) is 0.385. The summed E-state index contributed by atoms with van der Waals surface area (Å²) in [5.74, 6) is 4.95. The average Bonchev–Trinajstić information content (AvgIpc) is 1.98. The summed E-state index contributed by atoms with van der Waals surface area (Å²) >= 11 is 0. The predicted molar refractivity (Wildman–Crippen MR) is 25.4 cm³/mol. The molecule has 0 amide bonds. The summed E-state index contributed by atoms with van der Waals surface area (Å²) in [5, 5.41) is 6.52. The van der Waals surface area contributed by atoms with Gasteiger partial charge in [-0.15, -0.1) is 4.79 Å². The Hall–Kier alpha value is -1.33. The van der Waals surface area contributed by atoms with Crippen molar-refractivity contribution in [1.29, 1.82) is 0 Å². The molecule has 0 aromatic carbocycles. The fourth-order valence-electron chi connectivity index (χ4n) is 0.328. The molecule has 0 spiro atoms. The van der Waals surface area contributed by atoms with Crippen molar-refractivity contribution in [2.24, 2.45) is 7.05 Å². The zero-order valence-electron chi connectivity index (χ0n) is 4.27. The second-order valence-electron chi connectivity index (χ2n) is 1.33. The fourth-order valence-corrected chi connectivity index (χ4v) is 0.328. The van der Waals surface area contributed by atoms with Gasteiger partial charge in [0.1, 0.15) is 0 Å². The Balaban J connectivity index is 3.42. The van der Waals surface area contributed by atoms with Crippen molar-refractivity contribution in [2.45, 2.75) is 0 Å². The second-order valence-corrected chi connectivity index (χ2v) is 1.33. The van der Waals surface area contributed by atoms with E-state index >= 15 is 0 Å². The van der Waals surface area contributed by atoms with E-state index in [2.05, 4.69) is 10.4 Å². The first kappa shape index (κ1) is 4.82. The number of tetrazole rings is 1. The predicted octanol–water partition coefficient (Wildman–Crippen LogP) is -2.31. The summed E-state index contributed by atoms with van der Waals surface area (Å²) in [6.45, 7) is 0. The van der Waals surface area contributed by atoms with Gasteiger partial charge >= 0.3 is 5.69 Å². The van der Waals surface area contributed by atoms with Gasteiger partial charge in [0.15, 0.2) is 0 Å². The molecule has 0 saturated carbocycles. The lowest BCUT2D eigenvalue weighted by molar-refractivity contribution is 0.691. The molecule has 0 bridgehead atoms. The van der Waals surface area contributed by atoms with E-state index in [9.17, 15) is 4.79 Å². The number of aryl methyl sites for hydroxylation is 1. The number of hydrogen-bond donors (Lipinski definition) is 1. The highest BCUT2D eigenvalue weighted by molar-refractivity contribution is 4.51. The molecule has 1 heterocycles. The highest BCUT2D eigenvalue weighted by Crippen LogP contribution is 1.52. The maximum atomic E-state index is 10.4. The molecule has 0 fully saturated rings. The largest absolute Gasteiger partial charge is 0.382 e. The van der Waals surface area contributed by atoms with Crippen molar-refractivity contribution < 1.29 is 0 Å². The van der Waals surface area contributed by atoms with Crippen LogP contribution in [0.1, 0.15) is 0 Å². The van der Waals surface area contributed by atoms with Gasteiger partial charge in [0.05, 0.1) is 0 Å². The maximum absolute atomic E-state index is 10.4. The van der Waals surface area contributed by atoms with E-state index in [1.54, 1.807) is 0 Å². The van der Waals surface area contributed by atoms with Crippen LogP contribution < -0.4 is 11.5 Å². The molecule has 0 saturated heterocycles. The van der Waals surface area contributed by atoms with E-state index in [1.807, 2.05) is 0 Å². The van der Waals surface area contributed by atoms with E-state index in [0.717, 1.165) is 4.68 Å². The Labute approximate surface area is 44.5 Å². The van der Waals surface area contributed by atoms with E-state index in [1.165, 1.54) is 7.05 Å². The van der Waals surface area contributed by atoms with Crippen LogP contribution in [0.4, 0.5) is 0 Å². The summed E-state index contributed by atoms with van der Waals surface area (Å²) in [6.07, 6.45) is 0. The molecule has 0 atom stereocenters. The third kappa shape index (κ3) is 0.462. The van der Waals surface area contributed by atoms with Gasteiger partial charge in [-0.25, -0.2) is 4.79 Å². The summed E-state index contributed by atoms with van der Waals surface area (Å²) in [7, 11) is 1.47. The molecule has 1 rings (SSSR count). The van der Waals surface area contributed by atoms with Crippen LogP contribution >= 0.6 is 0 Å². The van der Waals surface area contributed by atoms with E-state index in [-0.39, 0.29) is 0 Å². The summed E-state index contributed by atoms with van der Waals surface area (Å²) in [6, 6.07) is 0. The molecular weight excluding hydrogens is 110 g/mol. The van der Waals surface area contributed by atoms with Crippen LogP contribution in [0.5, 0.6) is 0 Å². The van der Waals surface area contributed by atoms with Crippen molar-refractivity contribution in [2.75, 3.05) is 5.84 Å². The van der Waals surface area contributed by atoms with Crippen molar-refractivity contribution in [3.63, 3.8) is 0 Å². The van der Waals surface area contributed by atoms with Gasteiger partial charge in [-0.05, 0) is 10.4 Å². The summed E-state index contributed by atoms with van der Waals surface area (Å²) in [5.41, 5.74) is -0.426. The minimum Gasteiger partial charge on any atom is -0.317 e. The molecule has 0 aliphatic rings. The van der Waals surface area contributed by atoms with Gasteiger partial charge in [-0.3, -0.25) is 0 Å². The molecule has 1 aromatic rings. The lowest BCUT2D eigenvalue weighted by atomic mass is 11.2. The molecule has 8 heavy (non-hydrogen) atoms. The van der Waals surface area contributed by atoms with Crippen molar-refractivity contribution in [1.82, 2.24) is 19.9 Å². The van der Waals surface area contributed by atoms with Gasteiger partial charge in [-0.2, -0.15) is 4.68 Å². The Morgan fingerprint density at radius 2 is 2.25 bits per heavy atom. The first-order valence-corrected chi connectivity index (χ1v) is 1.96. The number of nitrogens with two attached hydrogens (primary N) is 1. The molecular formula is C2H5N5O. The van der Waals surface area contributed by atoms with E-state index in [0.29, 0.717) is 4.79 Å². The first-order chi connectivity index (χ1) is 3.72. The third-order valence-corrected chi connectivity index (χ3v) is 0.743. The molecule has 6 heteroatoms. The molecule has 0 radical (unpaired) electrons. The third-order valence-electron chi connectivity index (χ3n) is 0.743. The molecule has 2 N–H and O–H groups in total. The molecule has 44 valence electrons. The number of nitrogen functional groups attached to an aromatic ring is 1. The minimum absolute atomic E-state index is 0.426.